The van der Waals surface area contributed by atoms with Crippen LogP contribution in [0.1, 0.15) is 27.2 Å². The first-order valence-corrected chi connectivity index (χ1v) is 3.56. The summed E-state index contributed by atoms with van der Waals surface area (Å²) in [5, 5.41) is 11.4. The molecule has 2 atom stereocenters. The second-order valence-corrected chi connectivity index (χ2v) is 2.54. The summed E-state index contributed by atoms with van der Waals surface area (Å²) in [6, 6.07) is -0.152. The number of carboxylic acid groups (broad SMARTS) is 1. The molecule has 0 radical (unpaired) electrons. The lowest BCUT2D eigenvalue weighted by molar-refractivity contribution is -0.139. The number of carboxylic acids is 1. The van der Waals surface area contributed by atoms with Crippen molar-refractivity contribution in [3.8, 4) is 0 Å². The summed E-state index contributed by atoms with van der Waals surface area (Å²) in [6.45, 7) is 5.64. The van der Waals surface area contributed by atoms with Gasteiger partial charge in [0, 0.05) is 6.04 Å². The Hall–Kier alpha value is -0.570. The van der Waals surface area contributed by atoms with E-state index in [4.69, 9.17) is 5.11 Å². The molecule has 0 aromatic heterocycles. The normalized spacial score (nSPS) is 16.3. The molecular weight excluding hydrogens is 130 g/mol. The van der Waals surface area contributed by atoms with Gasteiger partial charge in [0.25, 0.3) is 0 Å². The first-order chi connectivity index (χ1) is 4.57. The topological polar surface area (TPSA) is 49.3 Å². The average molecular weight is 145 g/mol. The zero-order valence-corrected chi connectivity index (χ0v) is 6.72. The van der Waals surface area contributed by atoms with E-state index in [9.17, 15) is 4.79 Å². The molecule has 0 bridgehead atoms. The van der Waals surface area contributed by atoms with Crippen molar-refractivity contribution in [2.75, 3.05) is 0 Å². The van der Waals surface area contributed by atoms with Crippen molar-refractivity contribution >= 4 is 5.97 Å². The highest BCUT2D eigenvalue weighted by molar-refractivity contribution is 5.72. The first kappa shape index (κ1) is 9.43. The molecule has 10 heavy (non-hydrogen) atoms. The third-order valence-electron chi connectivity index (χ3n) is 1.52. The maximum absolute atomic E-state index is 10.3. The van der Waals surface area contributed by atoms with E-state index in [0.29, 0.717) is 0 Å². The van der Waals surface area contributed by atoms with Crippen LogP contribution in [0, 0.1) is 0 Å². The first-order valence-electron chi connectivity index (χ1n) is 3.56. The van der Waals surface area contributed by atoms with Crippen molar-refractivity contribution in [3.63, 3.8) is 0 Å². The average Bonchev–Trinajstić information content (AvgIpc) is 1.87. The third-order valence-corrected chi connectivity index (χ3v) is 1.52. The summed E-state index contributed by atoms with van der Waals surface area (Å²) in [6.07, 6.45) is 0.956. The van der Waals surface area contributed by atoms with Gasteiger partial charge in [-0.25, -0.2) is 0 Å². The monoisotopic (exact) mass is 145 g/mol. The van der Waals surface area contributed by atoms with Gasteiger partial charge in [-0.3, -0.25) is 4.79 Å². The summed E-state index contributed by atoms with van der Waals surface area (Å²) in [5.74, 6) is -0.791. The van der Waals surface area contributed by atoms with E-state index in [1.807, 2.05) is 13.8 Å². The molecule has 0 rings (SSSR count). The maximum Gasteiger partial charge on any atom is 0.320 e. The number of hydrogen-bond donors (Lipinski definition) is 2. The Morgan fingerprint density at radius 2 is 2.10 bits per heavy atom. The number of hydrogen-bond acceptors (Lipinski definition) is 2. The van der Waals surface area contributed by atoms with Gasteiger partial charge in [-0.2, -0.15) is 0 Å². The number of carbonyl (C=O) groups is 1. The Bertz CT molecular complexity index is 114. The van der Waals surface area contributed by atoms with E-state index in [1.54, 1.807) is 6.92 Å². The molecule has 0 aromatic rings. The summed E-state index contributed by atoms with van der Waals surface area (Å²) in [4.78, 5) is 10.3. The Morgan fingerprint density at radius 3 is 2.40 bits per heavy atom. The molecule has 3 nitrogen and oxygen atoms in total. The highest BCUT2D eigenvalue weighted by Crippen LogP contribution is 1.91. The molecule has 0 saturated heterocycles. The summed E-state index contributed by atoms with van der Waals surface area (Å²) < 4.78 is 0. The molecule has 0 aliphatic rings. The van der Waals surface area contributed by atoms with E-state index < -0.39 is 12.0 Å². The summed E-state index contributed by atoms with van der Waals surface area (Å²) in [7, 11) is 0. The quantitative estimate of drug-likeness (QED) is 0.616. The van der Waals surface area contributed by atoms with Gasteiger partial charge in [0.05, 0.1) is 0 Å². The molecule has 0 aliphatic carbocycles. The van der Waals surface area contributed by atoms with E-state index in [-0.39, 0.29) is 6.04 Å². The van der Waals surface area contributed by atoms with Crippen molar-refractivity contribution in [2.45, 2.75) is 39.3 Å². The van der Waals surface area contributed by atoms with E-state index in [1.165, 1.54) is 0 Å². The summed E-state index contributed by atoms with van der Waals surface area (Å²) in [5.41, 5.74) is 0. The molecule has 0 fully saturated rings. The predicted octanol–water partition coefficient (Wildman–Crippen LogP) is 0.848. The highest BCUT2D eigenvalue weighted by atomic mass is 16.4. The van der Waals surface area contributed by atoms with Gasteiger partial charge in [-0.05, 0) is 20.3 Å². The van der Waals surface area contributed by atoms with E-state index >= 15 is 0 Å². The van der Waals surface area contributed by atoms with Crippen LogP contribution in [0.25, 0.3) is 0 Å². The van der Waals surface area contributed by atoms with Crippen LogP contribution in [0.5, 0.6) is 0 Å². The molecule has 0 amide bonds. The fourth-order valence-electron chi connectivity index (χ4n) is 0.616. The molecule has 0 heterocycles. The largest absolute Gasteiger partial charge is 0.480 e. The van der Waals surface area contributed by atoms with Crippen molar-refractivity contribution in [3.05, 3.63) is 0 Å². The van der Waals surface area contributed by atoms with Crippen molar-refractivity contribution < 1.29 is 9.90 Å². The molecule has 0 spiro atoms. The van der Waals surface area contributed by atoms with Crippen molar-refractivity contribution in [1.29, 1.82) is 0 Å². The maximum atomic E-state index is 10.3. The molecule has 3 heteroatoms. The van der Waals surface area contributed by atoms with Crippen molar-refractivity contribution in [1.82, 2.24) is 5.32 Å². The van der Waals surface area contributed by atoms with Crippen LogP contribution in [-0.2, 0) is 4.79 Å². The van der Waals surface area contributed by atoms with Crippen LogP contribution in [0.2, 0.25) is 0 Å². The minimum absolute atomic E-state index is 0.283. The van der Waals surface area contributed by atoms with Gasteiger partial charge < -0.3 is 10.4 Å². The van der Waals surface area contributed by atoms with Crippen LogP contribution >= 0.6 is 0 Å². The van der Waals surface area contributed by atoms with Crippen LogP contribution in [0.3, 0.4) is 0 Å². The highest BCUT2D eigenvalue weighted by Gasteiger charge is 2.11. The van der Waals surface area contributed by atoms with Gasteiger partial charge in [0.1, 0.15) is 6.04 Å². The van der Waals surface area contributed by atoms with Crippen LogP contribution in [0.15, 0.2) is 0 Å². The Balaban J connectivity index is 3.56. The number of rotatable bonds is 4. The Kier molecular flexibility index (Phi) is 4.03. The lowest BCUT2D eigenvalue weighted by Gasteiger charge is -2.14. The van der Waals surface area contributed by atoms with Gasteiger partial charge >= 0.3 is 5.97 Å². The Morgan fingerprint density at radius 1 is 1.60 bits per heavy atom. The second kappa shape index (κ2) is 4.28. The standard InChI is InChI=1S/C7H15NO2/c1-4-5(2)8-6(3)7(9)10/h5-6,8H,4H2,1-3H3,(H,9,10)/t5-,6?/m1/s1. The Labute approximate surface area is 61.4 Å². The molecule has 60 valence electrons. The SMILES string of the molecule is CC[C@@H](C)NC(C)C(=O)O. The lowest BCUT2D eigenvalue weighted by Crippen LogP contribution is -2.39. The lowest BCUT2D eigenvalue weighted by atomic mass is 10.2. The number of nitrogens with one attached hydrogen (secondary N) is 1. The fourth-order valence-corrected chi connectivity index (χ4v) is 0.616. The van der Waals surface area contributed by atoms with Gasteiger partial charge in [0.2, 0.25) is 0 Å². The smallest absolute Gasteiger partial charge is 0.320 e. The van der Waals surface area contributed by atoms with Gasteiger partial charge in [-0.1, -0.05) is 6.92 Å². The molecule has 0 saturated carbocycles. The molecule has 0 aromatic carbocycles. The molecule has 1 unspecified atom stereocenters. The molecular formula is C7H15NO2. The van der Waals surface area contributed by atoms with Crippen LogP contribution in [-0.4, -0.2) is 23.2 Å². The van der Waals surface area contributed by atoms with Gasteiger partial charge in [0.15, 0.2) is 0 Å². The second-order valence-electron chi connectivity index (χ2n) is 2.54. The van der Waals surface area contributed by atoms with Crippen molar-refractivity contribution in [2.24, 2.45) is 0 Å². The predicted molar refractivity (Wildman–Crippen MR) is 40.0 cm³/mol. The third kappa shape index (κ3) is 3.45. The van der Waals surface area contributed by atoms with E-state index in [0.717, 1.165) is 6.42 Å². The fraction of sp³-hybridized carbons (Fsp3) is 0.857. The zero-order chi connectivity index (χ0) is 8.15. The van der Waals surface area contributed by atoms with Crippen LogP contribution in [0.4, 0.5) is 0 Å². The molecule has 0 aliphatic heterocycles. The minimum Gasteiger partial charge on any atom is -0.480 e. The van der Waals surface area contributed by atoms with Crippen LogP contribution < -0.4 is 5.32 Å². The number of aliphatic carboxylic acids is 1. The zero-order valence-electron chi connectivity index (χ0n) is 6.72. The molecule has 2 N–H and O–H groups in total. The van der Waals surface area contributed by atoms with E-state index in [2.05, 4.69) is 5.32 Å². The summed E-state index contributed by atoms with van der Waals surface area (Å²) >= 11 is 0. The van der Waals surface area contributed by atoms with Gasteiger partial charge in [-0.15, -0.1) is 0 Å². The minimum atomic E-state index is -0.791.